The standard InChI is InChI=1S/C2H4O2.Tl.H2/c1-2(3)4;;/h1H3,(H,3,4);;1H. The molecule has 0 aliphatic rings. The van der Waals surface area contributed by atoms with Gasteiger partial charge in [0.05, 0.1) is 0 Å². The van der Waals surface area contributed by atoms with Crippen molar-refractivity contribution in [2.45, 2.75) is 6.92 Å². The van der Waals surface area contributed by atoms with E-state index in [-0.39, 0.29) is 28.7 Å². The van der Waals surface area contributed by atoms with Crippen LogP contribution in [0.2, 0.25) is 0 Å². The molecule has 29 valence electrons. The number of rotatable bonds is 0. The summed E-state index contributed by atoms with van der Waals surface area (Å²) in [6.45, 7) is 1.08. The van der Waals surface area contributed by atoms with E-state index in [1.165, 1.54) is 0 Å². The molecule has 3 heteroatoms. The van der Waals surface area contributed by atoms with E-state index in [1.807, 2.05) is 0 Å². The Hall–Kier alpha value is 0.392. The predicted molar refractivity (Wildman–Crippen MR) is 21.2 cm³/mol. The van der Waals surface area contributed by atoms with Gasteiger partial charge in [-0.3, -0.25) is 4.79 Å². The smallest absolute Gasteiger partial charge is 0.300 e. The Bertz CT molecular complexity index is 34.5. The minimum Gasteiger partial charge on any atom is -0.481 e. The molecule has 0 amide bonds. The average molecular weight is 266 g/mol. The van der Waals surface area contributed by atoms with Crippen molar-refractivity contribution in [1.29, 1.82) is 0 Å². The normalized spacial score (nSPS) is 5.00. The van der Waals surface area contributed by atoms with Gasteiger partial charge in [0.15, 0.2) is 0 Å². The molecule has 0 atom stereocenters. The van der Waals surface area contributed by atoms with E-state index in [2.05, 4.69) is 0 Å². The van der Waals surface area contributed by atoms with Crippen molar-refractivity contribution in [2.24, 2.45) is 0 Å². The molecule has 5 heavy (non-hydrogen) atoms. The second-order valence-corrected chi connectivity index (χ2v) is 0.519. The number of carbonyl (C=O) groups is 1. The summed E-state index contributed by atoms with van der Waals surface area (Å²) in [5.74, 6) is -0.833. The average Bonchev–Trinajstić information content (AvgIpc) is 0.811. The van der Waals surface area contributed by atoms with Crippen LogP contribution in [0.1, 0.15) is 8.35 Å². The topological polar surface area (TPSA) is 37.3 Å². The molecule has 1 radical (unpaired) electrons. The summed E-state index contributed by atoms with van der Waals surface area (Å²) >= 11 is 0. The maximum atomic E-state index is 9.00. The Morgan fingerprint density at radius 3 is 2.00 bits per heavy atom. The molecule has 0 saturated heterocycles. The Kier molecular flexibility index (Phi) is 7.94. The molecule has 0 heterocycles. The van der Waals surface area contributed by atoms with Gasteiger partial charge in [0.2, 0.25) is 0 Å². The van der Waals surface area contributed by atoms with Crippen LogP contribution in [0.25, 0.3) is 0 Å². The summed E-state index contributed by atoms with van der Waals surface area (Å²) in [4.78, 5) is 9.00. The predicted octanol–water partition coefficient (Wildman–Crippen LogP) is -0.0439. The molecule has 0 aromatic rings. The van der Waals surface area contributed by atoms with Crippen LogP contribution >= 0.6 is 0 Å². The van der Waals surface area contributed by atoms with Crippen molar-refractivity contribution in [3.8, 4) is 0 Å². The van der Waals surface area contributed by atoms with Crippen LogP contribution in [-0.4, -0.2) is 38.4 Å². The van der Waals surface area contributed by atoms with Gasteiger partial charge in [-0.05, 0) is 0 Å². The maximum Gasteiger partial charge on any atom is 0.300 e. The third kappa shape index (κ3) is 163. The first-order valence-electron chi connectivity index (χ1n) is 0.928. The van der Waals surface area contributed by atoms with E-state index >= 15 is 0 Å². The molecule has 0 aromatic carbocycles. The minimum absolute atomic E-state index is 0. The fraction of sp³-hybridized carbons (Fsp3) is 0.500. The van der Waals surface area contributed by atoms with Crippen LogP contribution in [0.15, 0.2) is 0 Å². The molecule has 0 rings (SSSR count). The van der Waals surface area contributed by atoms with Gasteiger partial charge in [-0.15, -0.1) is 0 Å². The van der Waals surface area contributed by atoms with Gasteiger partial charge < -0.3 is 5.11 Å². The zero-order valence-electron chi connectivity index (χ0n) is 2.93. The van der Waals surface area contributed by atoms with Crippen molar-refractivity contribution < 1.29 is 11.3 Å². The largest absolute Gasteiger partial charge is 0.481 e. The molecule has 0 unspecified atom stereocenters. The molecule has 0 saturated carbocycles. The Morgan fingerprint density at radius 1 is 2.00 bits per heavy atom. The van der Waals surface area contributed by atoms with E-state index in [0.29, 0.717) is 0 Å². The first-order chi connectivity index (χ1) is 1.73. The van der Waals surface area contributed by atoms with Crippen LogP contribution < -0.4 is 0 Å². The molecule has 0 aliphatic carbocycles. The SMILES string of the molecule is CC(=O)O.[HH].[Tl]. The third-order valence-electron chi connectivity index (χ3n) is 0. The molecular weight excluding hydrogens is 260 g/mol. The van der Waals surface area contributed by atoms with Crippen LogP contribution in [0.4, 0.5) is 0 Å². The summed E-state index contributed by atoms with van der Waals surface area (Å²) in [6.07, 6.45) is 0. The van der Waals surface area contributed by atoms with Crippen molar-refractivity contribution in [3.05, 3.63) is 0 Å². The molecule has 2 nitrogen and oxygen atoms in total. The summed E-state index contributed by atoms with van der Waals surface area (Å²) in [5, 5.41) is 7.42. The van der Waals surface area contributed by atoms with Gasteiger partial charge >= 0.3 is 0 Å². The zero-order valence-corrected chi connectivity index (χ0v) is 7.42. The van der Waals surface area contributed by atoms with Gasteiger partial charge in [-0.1, -0.05) is 0 Å². The van der Waals surface area contributed by atoms with Crippen LogP contribution in [0.3, 0.4) is 0 Å². The quantitative estimate of drug-likeness (QED) is 0.625. The second-order valence-electron chi connectivity index (χ2n) is 0.519. The molecule has 0 bridgehead atoms. The summed E-state index contributed by atoms with van der Waals surface area (Å²) in [7, 11) is 0. The van der Waals surface area contributed by atoms with Gasteiger partial charge in [-0.2, -0.15) is 0 Å². The second kappa shape index (κ2) is 4.39. The van der Waals surface area contributed by atoms with E-state index in [9.17, 15) is 0 Å². The minimum atomic E-state index is -0.833. The monoisotopic (exact) mass is 267 g/mol. The van der Waals surface area contributed by atoms with Gasteiger partial charge in [0, 0.05) is 35.6 Å². The van der Waals surface area contributed by atoms with Crippen molar-refractivity contribution >= 4 is 33.3 Å². The van der Waals surface area contributed by atoms with Crippen molar-refractivity contribution in [3.63, 3.8) is 0 Å². The Balaban J connectivity index is -0.0000000450. The first-order valence-corrected chi connectivity index (χ1v) is 0.928. The Labute approximate surface area is 51.8 Å². The fourth-order valence-electron chi connectivity index (χ4n) is 0. The number of hydrogen-bond acceptors (Lipinski definition) is 1. The van der Waals surface area contributed by atoms with E-state index in [0.717, 1.165) is 6.92 Å². The van der Waals surface area contributed by atoms with Crippen molar-refractivity contribution in [1.82, 2.24) is 0 Å². The molecule has 0 fully saturated rings. The Morgan fingerprint density at radius 2 is 2.00 bits per heavy atom. The molecule has 0 spiro atoms. The number of hydrogen-bond donors (Lipinski definition) is 1. The number of aliphatic carboxylic acids is 1. The molecule has 1 N–H and O–H groups in total. The third-order valence-corrected chi connectivity index (χ3v) is 0. The van der Waals surface area contributed by atoms with Crippen LogP contribution in [0.5, 0.6) is 0 Å². The number of carboxylic acids is 1. The summed E-state index contributed by atoms with van der Waals surface area (Å²) in [5.41, 5.74) is 0. The van der Waals surface area contributed by atoms with Crippen molar-refractivity contribution in [2.75, 3.05) is 0 Å². The first kappa shape index (κ1) is 9.04. The van der Waals surface area contributed by atoms with Gasteiger partial charge in [0.1, 0.15) is 0 Å². The van der Waals surface area contributed by atoms with E-state index in [4.69, 9.17) is 9.90 Å². The van der Waals surface area contributed by atoms with E-state index < -0.39 is 5.97 Å². The molecule has 0 aliphatic heterocycles. The molecular formula is C2H6O2Tl. The van der Waals surface area contributed by atoms with Crippen LogP contribution in [0, 0.1) is 0 Å². The van der Waals surface area contributed by atoms with E-state index in [1.54, 1.807) is 0 Å². The summed E-state index contributed by atoms with van der Waals surface area (Å²) < 4.78 is 0. The molecule has 0 aromatic heterocycles. The zero-order chi connectivity index (χ0) is 3.58. The van der Waals surface area contributed by atoms with Crippen LogP contribution in [-0.2, 0) is 4.79 Å². The number of carboxylic acid groups (broad SMARTS) is 1. The fourth-order valence-corrected chi connectivity index (χ4v) is 0. The van der Waals surface area contributed by atoms with Gasteiger partial charge in [-0.25, -0.2) is 0 Å². The summed E-state index contributed by atoms with van der Waals surface area (Å²) in [6, 6.07) is 0. The maximum absolute atomic E-state index is 9.00. The van der Waals surface area contributed by atoms with Gasteiger partial charge in [0.25, 0.3) is 5.97 Å².